The van der Waals surface area contributed by atoms with Gasteiger partial charge in [-0.05, 0) is 18.1 Å². The highest BCUT2D eigenvalue weighted by atomic mass is 16.5. The molecule has 0 spiro atoms. The van der Waals surface area contributed by atoms with Gasteiger partial charge in [-0.1, -0.05) is 79.4 Å². The van der Waals surface area contributed by atoms with E-state index in [9.17, 15) is 4.79 Å². The van der Waals surface area contributed by atoms with Crippen molar-refractivity contribution in [1.82, 2.24) is 0 Å². The second-order valence-electron chi connectivity index (χ2n) is 4.43. The number of esters is 1. The van der Waals surface area contributed by atoms with Crippen molar-refractivity contribution in [3.05, 3.63) is 83.9 Å². The first kappa shape index (κ1) is 16.4. The summed E-state index contributed by atoms with van der Waals surface area (Å²) in [5.41, 5.74) is 2.90. The molecule has 0 bridgehead atoms. The SMILES string of the molecule is C(=C\c1ccccc1)/c1ccccc1.C=C(C)C(=O)OC. The van der Waals surface area contributed by atoms with Crippen LogP contribution in [-0.2, 0) is 9.53 Å². The monoisotopic (exact) mass is 280 g/mol. The normalized spacial score (nSPS) is 9.62. The quantitative estimate of drug-likeness (QED) is 0.467. The fourth-order valence-corrected chi connectivity index (χ4v) is 1.49. The van der Waals surface area contributed by atoms with Crippen LogP contribution in [0.25, 0.3) is 12.2 Å². The maximum atomic E-state index is 10.2. The molecule has 0 atom stereocenters. The van der Waals surface area contributed by atoms with E-state index in [0.717, 1.165) is 0 Å². The van der Waals surface area contributed by atoms with Gasteiger partial charge in [0.1, 0.15) is 0 Å². The third kappa shape index (κ3) is 6.92. The van der Waals surface area contributed by atoms with E-state index in [4.69, 9.17) is 0 Å². The molecule has 0 aliphatic heterocycles. The topological polar surface area (TPSA) is 26.3 Å². The molecule has 2 nitrogen and oxygen atoms in total. The Hall–Kier alpha value is -2.61. The largest absolute Gasteiger partial charge is 0.466 e. The number of hydrogen-bond donors (Lipinski definition) is 0. The minimum Gasteiger partial charge on any atom is -0.466 e. The van der Waals surface area contributed by atoms with Gasteiger partial charge in [-0.2, -0.15) is 0 Å². The van der Waals surface area contributed by atoms with Gasteiger partial charge in [0.2, 0.25) is 0 Å². The number of carbonyl (C=O) groups excluding carboxylic acids is 1. The highest BCUT2D eigenvalue weighted by molar-refractivity contribution is 5.86. The van der Waals surface area contributed by atoms with Crippen LogP contribution < -0.4 is 0 Å². The lowest BCUT2D eigenvalue weighted by molar-refractivity contribution is -0.136. The zero-order valence-corrected chi connectivity index (χ0v) is 12.5. The summed E-state index contributed by atoms with van der Waals surface area (Å²) in [7, 11) is 1.33. The predicted octanol–water partition coefficient (Wildman–Crippen LogP) is 4.59. The molecule has 0 unspecified atom stereocenters. The number of rotatable bonds is 3. The molecule has 21 heavy (non-hydrogen) atoms. The molecule has 0 saturated carbocycles. The van der Waals surface area contributed by atoms with E-state index in [-0.39, 0.29) is 5.97 Å². The van der Waals surface area contributed by atoms with Crippen molar-refractivity contribution in [2.24, 2.45) is 0 Å². The van der Waals surface area contributed by atoms with E-state index in [0.29, 0.717) is 5.57 Å². The third-order valence-electron chi connectivity index (χ3n) is 2.60. The molecule has 0 saturated heterocycles. The van der Waals surface area contributed by atoms with Gasteiger partial charge >= 0.3 is 5.97 Å². The van der Waals surface area contributed by atoms with E-state index >= 15 is 0 Å². The van der Waals surface area contributed by atoms with E-state index in [1.54, 1.807) is 6.92 Å². The summed E-state index contributed by atoms with van der Waals surface area (Å²) in [6.07, 6.45) is 4.24. The maximum absolute atomic E-state index is 10.2. The smallest absolute Gasteiger partial charge is 0.332 e. The highest BCUT2D eigenvalue weighted by Gasteiger charge is 1.95. The molecule has 2 aromatic rings. The van der Waals surface area contributed by atoms with E-state index in [2.05, 4.69) is 47.7 Å². The number of carbonyl (C=O) groups is 1. The number of hydrogen-bond acceptors (Lipinski definition) is 2. The van der Waals surface area contributed by atoms with Crippen LogP contribution in [0, 0.1) is 0 Å². The Morgan fingerprint density at radius 2 is 1.29 bits per heavy atom. The molecule has 0 fully saturated rings. The first-order valence-electron chi connectivity index (χ1n) is 6.65. The summed E-state index contributed by atoms with van der Waals surface area (Å²) in [6, 6.07) is 20.6. The average Bonchev–Trinajstić information content (AvgIpc) is 2.54. The standard InChI is InChI=1S/C14H12.C5H8O2/c1-3-7-13(8-4-1)11-12-14-9-5-2-6-10-14;1-4(2)5(6)7-3/h1-12H;1H2,2-3H3/b12-11+;. The lowest BCUT2D eigenvalue weighted by atomic mass is 10.1. The van der Waals surface area contributed by atoms with Crippen molar-refractivity contribution in [2.75, 3.05) is 7.11 Å². The summed E-state index contributed by atoms with van der Waals surface area (Å²) in [4.78, 5) is 10.2. The van der Waals surface area contributed by atoms with Crippen molar-refractivity contribution in [1.29, 1.82) is 0 Å². The van der Waals surface area contributed by atoms with Crippen LogP contribution in [0.4, 0.5) is 0 Å². The van der Waals surface area contributed by atoms with Gasteiger partial charge in [-0.25, -0.2) is 4.79 Å². The van der Waals surface area contributed by atoms with Gasteiger partial charge < -0.3 is 4.74 Å². The van der Waals surface area contributed by atoms with Crippen LogP contribution in [0.3, 0.4) is 0 Å². The molecule has 0 radical (unpaired) electrons. The number of ether oxygens (including phenoxy) is 1. The van der Waals surface area contributed by atoms with E-state index < -0.39 is 0 Å². The first-order valence-corrected chi connectivity index (χ1v) is 6.65. The third-order valence-corrected chi connectivity index (χ3v) is 2.60. The molecular weight excluding hydrogens is 260 g/mol. The average molecular weight is 280 g/mol. The predicted molar refractivity (Wildman–Crippen MR) is 88.6 cm³/mol. The van der Waals surface area contributed by atoms with Gasteiger partial charge in [-0.15, -0.1) is 0 Å². The molecular formula is C19H20O2. The maximum Gasteiger partial charge on any atom is 0.332 e. The Labute approximate surface area is 126 Å². The first-order chi connectivity index (χ1) is 10.1. The van der Waals surface area contributed by atoms with Crippen LogP contribution in [0.5, 0.6) is 0 Å². The van der Waals surface area contributed by atoms with Crippen molar-refractivity contribution in [2.45, 2.75) is 6.92 Å². The van der Waals surface area contributed by atoms with Gasteiger partial charge in [0.05, 0.1) is 7.11 Å². The van der Waals surface area contributed by atoms with Crippen molar-refractivity contribution >= 4 is 18.1 Å². The zero-order chi connectivity index (χ0) is 15.5. The Morgan fingerprint density at radius 3 is 1.52 bits per heavy atom. The summed E-state index contributed by atoms with van der Waals surface area (Å²) in [6.45, 7) is 4.95. The highest BCUT2D eigenvalue weighted by Crippen LogP contribution is 2.06. The molecule has 0 amide bonds. The molecule has 0 aliphatic rings. The molecule has 0 aromatic heterocycles. The van der Waals surface area contributed by atoms with E-state index in [1.807, 2.05) is 36.4 Å². The molecule has 2 heteroatoms. The summed E-state index contributed by atoms with van der Waals surface area (Å²) < 4.78 is 4.27. The van der Waals surface area contributed by atoms with Crippen molar-refractivity contribution in [3.8, 4) is 0 Å². The van der Waals surface area contributed by atoms with E-state index in [1.165, 1.54) is 18.2 Å². The second kappa shape index (κ2) is 9.32. The Morgan fingerprint density at radius 1 is 0.905 bits per heavy atom. The fraction of sp³-hybridized carbons (Fsp3) is 0.105. The summed E-state index contributed by atoms with van der Waals surface area (Å²) in [5.74, 6) is -0.347. The Kier molecular flexibility index (Phi) is 7.30. The number of benzene rings is 2. The minimum atomic E-state index is -0.347. The van der Waals surface area contributed by atoms with Crippen LogP contribution in [0.15, 0.2) is 72.8 Å². The minimum absolute atomic E-state index is 0.347. The zero-order valence-electron chi connectivity index (χ0n) is 12.5. The molecule has 2 aromatic carbocycles. The molecule has 2 rings (SSSR count). The van der Waals surface area contributed by atoms with Crippen molar-refractivity contribution < 1.29 is 9.53 Å². The van der Waals surface area contributed by atoms with Crippen LogP contribution in [-0.4, -0.2) is 13.1 Å². The molecule has 108 valence electrons. The van der Waals surface area contributed by atoms with Gasteiger partial charge in [0, 0.05) is 5.57 Å². The number of methoxy groups -OCH3 is 1. The molecule has 0 aliphatic carbocycles. The Bertz CT molecular complexity index is 542. The molecule has 0 heterocycles. The summed E-state index contributed by atoms with van der Waals surface area (Å²) >= 11 is 0. The van der Waals surface area contributed by atoms with Crippen LogP contribution >= 0.6 is 0 Å². The lowest BCUT2D eigenvalue weighted by Crippen LogP contribution is -1.98. The second-order valence-corrected chi connectivity index (χ2v) is 4.43. The van der Waals surface area contributed by atoms with Gasteiger partial charge in [0.25, 0.3) is 0 Å². The van der Waals surface area contributed by atoms with Gasteiger partial charge in [-0.3, -0.25) is 0 Å². The van der Waals surface area contributed by atoms with Crippen molar-refractivity contribution in [3.63, 3.8) is 0 Å². The fourth-order valence-electron chi connectivity index (χ4n) is 1.49. The summed E-state index contributed by atoms with van der Waals surface area (Å²) in [5, 5.41) is 0. The Balaban J connectivity index is 0.000000270. The molecule has 0 N–H and O–H groups in total. The van der Waals surface area contributed by atoms with Gasteiger partial charge in [0.15, 0.2) is 0 Å². The van der Waals surface area contributed by atoms with Crippen LogP contribution in [0.1, 0.15) is 18.1 Å². The van der Waals surface area contributed by atoms with Crippen LogP contribution in [0.2, 0.25) is 0 Å². The lowest BCUT2D eigenvalue weighted by Gasteiger charge is -1.92.